The zero-order chi connectivity index (χ0) is 33.4. The smallest absolute Gasteiger partial charge is 0.326 e. The van der Waals surface area contributed by atoms with Crippen LogP contribution in [-0.4, -0.2) is 79.9 Å². The SMILES string of the molecule is NC(=O)CCC(N)C(=O)NC(Cc1c[nH]c2ccccc12)C(=O)NC(Cc1c[nH]c2ccccc12)C(=O)NC(CC(=O)O)C(=O)O. The Morgan fingerprint density at radius 1 is 0.696 bits per heavy atom. The van der Waals surface area contributed by atoms with Gasteiger partial charge in [-0.1, -0.05) is 36.4 Å². The molecule has 2 heterocycles. The lowest BCUT2D eigenvalue weighted by Crippen LogP contribution is -2.58. The van der Waals surface area contributed by atoms with Crippen LogP contribution in [0.25, 0.3) is 21.8 Å². The van der Waals surface area contributed by atoms with E-state index in [0.29, 0.717) is 11.1 Å². The Hall–Kier alpha value is -5.70. The van der Waals surface area contributed by atoms with Crippen molar-refractivity contribution in [2.45, 2.75) is 56.3 Å². The molecule has 0 aliphatic rings. The van der Waals surface area contributed by atoms with Crippen LogP contribution in [0.15, 0.2) is 60.9 Å². The zero-order valence-electron chi connectivity index (χ0n) is 24.6. The molecule has 4 atom stereocenters. The summed E-state index contributed by atoms with van der Waals surface area (Å²) in [7, 11) is 0. The van der Waals surface area contributed by atoms with Gasteiger partial charge in [0.25, 0.3) is 0 Å². The minimum atomic E-state index is -1.77. The number of fused-ring (bicyclic) bond motifs is 2. The standard InChI is InChI=1S/C31H35N7O8/c32-20(9-10-26(33)39)28(42)36-23(11-16-14-34-21-7-3-1-5-18(16)21)29(43)37-24(30(44)38-25(31(45)46)13-27(40)41)12-17-15-35-22-8-4-2-6-19(17)22/h1-8,14-15,20,23-25,34-35H,9-13,32H2,(H2,33,39)(H,36,42)(H,37,43)(H,38,44)(H,40,41)(H,45,46). The Bertz CT molecular complexity index is 1760. The topological polar surface area (TPSA) is 263 Å². The van der Waals surface area contributed by atoms with Gasteiger partial charge in [-0.3, -0.25) is 24.0 Å². The lowest BCUT2D eigenvalue weighted by atomic mass is 10.0. The summed E-state index contributed by atoms with van der Waals surface area (Å²) in [6.07, 6.45) is 2.10. The molecule has 4 unspecified atom stereocenters. The molecule has 46 heavy (non-hydrogen) atoms. The Morgan fingerprint density at radius 3 is 1.61 bits per heavy atom. The number of aromatic amines is 2. The number of hydrogen-bond acceptors (Lipinski definition) is 7. The number of nitrogens with one attached hydrogen (secondary N) is 5. The Balaban J connectivity index is 1.64. The maximum atomic E-state index is 13.9. The molecule has 4 rings (SSSR count). The van der Waals surface area contributed by atoms with Crippen molar-refractivity contribution >= 4 is 57.4 Å². The van der Waals surface area contributed by atoms with Crippen molar-refractivity contribution in [1.82, 2.24) is 25.9 Å². The van der Waals surface area contributed by atoms with E-state index in [0.717, 1.165) is 21.8 Å². The number of rotatable bonds is 16. The van der Waals surface area contributed by atoms with Crippen LogP contribution in [0.3, 0.4) is 0 Å². The van der Waals surface area contributed by atoms with Crippen molar-refractivity contribution in [2.75, 3.05) is 0 Å². The van der Waals surface area contributed by atoms with Crippen LogP contribution in [0.4, 0.5) is 0 Å². The van der Waals surface area contributed by atoms with Crippen LogP contribution >= 0.6 is 0 Å². The number of hydrogen-bond donors (Lipinski definition) is 9. The minimum absolute atomic E-state index is 0.0255. The number of carbonyl (C=O) groups is 6. The van der Waals surface area contributed by atoms with E-state index in [2.05, 4.69) is 25.9 Å². The molecule has 2 aromatic carbocycles. The lowest BCUT2D eigenvalue weighted by Gasteiger charge is -2.25. The maximum absolute atomic E-state index is 13.9. The van der Waals surface area contributed by atoms with Gasteiger partial charge in [-0.2, -0.15) is 0 Å². The fourth-order valence-electron chi connectivity index (χ4n) is 5.09. The number of benzene rings is 2. The first kappa shape index (κ1) is 33.2. The van der Waals surface area contributed by atoms with E-state index >= 15 is 0 Å². The molecule has 0 aliphatic heterocycles. The number of aromatic nitrogens is 2. The van der Waals surface area contributed by atoms with Gasteiger partial charge in [-0.15, -0.1) is 0 Å². The maximum Gasteiger partial charge on any atom is 0.326 e. The summed E-state index contributed by atoms with van der Waals surface area (Å²) >= 11 is 0. The molecule has 15 nitrogen and oxygen atoms in total. The molecule has 0 bridgehead atoms. The largest absolute Gasteiger partial charge is 0.481 e. The fourth-order valence-corrected chi connectivity index (χ4v) is 5.09. The predicted molar refractivity (Wildman–Crippen MR) is 166 cm³/mol. The highest BCUT2D eigenvalue weighted by Gasteiger charge is 2.32. The quantitative estimate of drug-likeness (QED) is 0.0805. The Morgan fingerprint density at radius 2 is 1.15 bits per heavy atom. The first-order chi connectivity index (χ1) is 21.9. The molecular formula is C31H35N7O8. The van der Waals surface area contributed by atoms with Gasteiger partial charge in [0.1, 0.15) is 18.1 Å². The number of aliphatic carboxylic acids is 2. The summed E-state index contributed by atoms with van der Waals surface area (Å²) in [5.41, 5.74) is 14.0. The molecular weight excluding hydrogens is 598 g/mol. The summed E-state index contributed by atoms with van der Waals surface area (Å²) in [6, 6.07) is 8.94. The van der Waals surface area contributed by atoms with Crippen molar-refractivity contribution in [3.05, 3.63) is 72.1 Å². The van der Waals surface area contributed by atoms with E-state index < -0.39 is 66.2 Å². The van der Waals surface area contributed by atoms with Gasteiger partial charge in [0.15, 0.2) is 0 Å². The summed E-state index contributed by atoms with van der Waals surface area (Å²) in [4.78, 5) is 80.8. The van der Waals surface area contributed by atoms with Gasteiger partial charge in [0.2, 0.25) is 23.6 Å². The predicted octanol–water partition coefficient (Wildman–Crippen LogP) is 0.0409. The molecule has 0 radical (unpaired) electrons. The summed E-state index contributed by atoms with van der Waals surface area (Å²) < 4.78 is 0. The lowest BCUT2D eigenvalue weighted by molar-refractivity contribution is -0.147. The Kier molecular flexibility index (Phi) is 10.7. The van der Waals surface area contributed by atoms with Gasteiger partial charge < -0.3 is 47.6 Å². The second-order valence-electron chi connectivity index (χ2n) is 10.9. The van der Waals surface area contributed by atoms with Crippen LogP contribution in [0.1, 0.15) is 30.4 Å². The van der Waals surface area contributed by atoms with E-state index in [1.165, 1.54) is 0 Å². The van der Waals surface area contributed by atoms with Crippen LogP contribution in [0.2, 0.25) is 0 Å². The first-order valence-corrected chi connectivity index (χ1v) is 14.4. The first-order valence-electron chi connectivity index (χ1n) is 14.4. The molecule has 0 spiro atoms. The third-order valence-electron chi connectivity index (χ3n) is 7.50. The van der Waals surface area contributed by atoms with E-state index in [4.69, 9.17) is 16.6 Å². The zero-order valence-corrected chi connectivity index (χ0v) is 24.6. The van der Waals surface area contributed by atoms with Crippen LogP contribution in [-0.2, 0) is 41.6 Å². The number of amides is 4. The molecule has 2 aromatic heterocycles. The molecule has 11 N–H and O–H groups in total. The highest BCUT2D eigenvalue weighted by molar-refractivity contribution is 5.96. The normalized spacial score (nSPS) is 13.8. The summed E-state index contributed by atoms with van der Waals surface area (Å²) in [6.45, 7) is 0. The van der Waals surface area contributed by atoms with Gasteiger partial charge in [0, 0.05) is 53.5 Å². The summed E-state index contributed by atoms with van der Waals surface area (Å²) in [5.74, 6) is -6.12. The van der Waals surface area contributed by atoms with Crippen LogP contribution < -0.4 is 27.4 Å². The van der Waals surface area contributed by atoms with E-state index in [-0.39, 0.29) is 25.7 Å². The second kappa shape index (κ2) is 14.9. The molecule has 0 fully saturated rings. The van der Waals surface area contributed by atoms with Crippen LogP contribution in [0, 0.1) is 0 Å². The number of nitrogens with two attached hydrogens (primary N) is 2. The van der Waals surface area contributed by atoms with Crippen molar-refractivity contribution < 1.29 is 39.0 Å². The number of primary amides is 1. The minimum Gasteiger partial charge on any atom is -0.481 e. The van der Waals surface area contributed by atoms with Crippen molar-refractivity contribution in [1.29, 1.82) is 0 Å². The number of carbonyl (C=O) groups excluding carboxylic acids is 4. The van der Waals surface area contributed by atoms with Gasteiger partial charge >= 0.3 is 11.9 Å². The molecule has 15 heteroatoms. The molecule has 4 amide bonds. The van der Waals surface area contributed by atoms with E-state index in [9.17, 15) is 33.9 Å². The third kappa shape index (κ3) is 8.47. The molecule has 0 aliphatic carbocycles. The van der Waals surface area contributed by atoms with E-state index in [1.54, 1.807) is 24.5 Å². The van der Waals surface area contributed by atoms with E-state index in [1.807, 2.05) is 36.4 Å². The van der Waals surface area contributed by atoms with Crippen molar-refractivity contribution in [3.63, 3.8) is 0 Å². The molecule has 0 saturated carbocycles. The second-order valence-corrected chi connectivity index (χ2v) is 10.9. The van der Waals surface area contributed by atoms with Crippen molar-refractivity contribution in [2.24, 2.45) is 11.5 Å². The van der Waals surface area contributed by atoms with Crippen LogP contribution in [0.5, 0.6) is 0 Å². The third-order valence-corrected chi connectivity index (χ3v) is 7.50. The molecule has 0 saturated heterocycles. The molecule has 4 aromatic rings. The average Bonchev–Trinajstić information content (AvgIpc) is 3.62. The summed E-state index contributed by atoms with van der Waals surface area (Å²) in [5, 5.41) is 27.7. The van der Waals surface area contributed by atoms with Gasteiger partial charge in [-0.25, -0.2) is 4.79 Å². The Labute approximate surface area is 262 Å². The monoisotopic (exact) mass is 633 g/mol. The number of para-hydroxylation sites is 2. The number of carboxylic acid groups (broad SMARTS) is 2. The molecule has 242 valence electrons. The van der Waals surface area contributed by atoms with Gasteiger partial charge in [0.05, 0.1) is 12.5 Å². The number of carboxylic acids is 2. The fraction of sp³-hybridized carbons (Fsp3) is 0.290. The average molecular weight is 634 g/mol. The highest BCUT2D eigenvalue weighted by Crippen LogP contribution is 2.21. The number of H-pyrrole nitrogens is 2. The van der Waals surface area contributed by atoms with Crippen molar-refractivity contribution in [3.8, 4) is 0 Å². The highest BCUT2D eigenvalue weighted by atomic mass is 16.4. The van der Waals surface area contributed by atoms with Gasteiger partial charge in [-0.05, 0) is 29.7 Å².